The molecule has 4 rings (SSSR count). The van der Waals surface area contributed by atoms with Crippen molar-refractivity contribution in [3.05, 3.63) is 71.5 Å². The van der Waals surface area contributed by atoms with Crippen LogP contribution in [0, 0.1) is 11.2 Å². The number of piperidine rings is 1. The number of ether oxygens (including phenoxy) is 1. The van der Waals surface area contributed by atoms with E-state index in [1.807, 2.05) is 30.3 Å². The van der Waals surface area contributed by atoms with Crippen LogP contribution in [-0.4, -0.2) is 71.7 Å². The Kier molecular flexibility index (Phi) is 7.94. The molecule has 1 fully saturated rings. The number of hydrogen-bond donors (Lipinski definition) is 2. The van der Waals surface area contributed by atoms with Crippen LogP contribution in [0.4, 0.5) is 4.39 Å². The van der Waals surface area contributed by atoms with Gasteiger partial charge in [-0.3, -0.25) is 14.4 Å². The average Bonchev–Trinajstić information content (AvgIpc) is 3.13. The number of nitrogens with one attached hydrogen (secondary N) is 1. The summed E-state index contributed by atoms with van der Waals surface area (Å²) in [5, 5.41) is 8.51. The Labute approximate surface area is 221 Å². The molecule has 0 spiro atoms. The predicted octanol–water partition coefficient (Wildman–Crippen LogP) is 1.85. The second-order valence-electron chi connectivity index (χ2n) is 10.5. The molecule has 202 valence electrons. The first kappa shape index (κ1) is 27.4. The number of hydrogen-bond acceptors (Lipinski definition) is 6. The van der Waals surface area contributed by atoms with E-state index in [0.717, 1.165) is 11.1 Å². The summed E-state index contributed by atoms with van der Waals surface area (Å²) in [5.74, 6) is -1.45. The van der Waals surface area contributed by atoms with E-state index < -0.39 is 22.9 Å². The van der Waals surface area contributed by atoms with Crippen LogP contribution in [0.5, 0.6) is 0 Å². The largest absolute Gasteiger partial charge is 0.374 e. The fourth-order valence-electron chi connectivity index (χ4n) is 4.83. The van der Waals surface area contributed by atoms with Gasteiger partial charge in [-0.05, 0) is 43.5 Å². The number of nitrogens with two attached hydrogens (primary N) is 1. The van der Waals surface area contributed by atoms with Gasteiger partial charge in [-0.25, -0.2) is 9.40 Å². The van der Waals surface area contributed by atoms with Crippen molar-refractivity contribution in [1.82, 2.24) is 15.2 Å². The molecule has 10 heteroatoms. The zero-order valence-corrected chi connectivity index (χ0v) is 21.9. The molecule has 0 saturated carbocycles. The van der Waals surface area contributed by atoms with Gasteiger partial charge in [0.25, 0.3) is 5.91 Å². The second kappa shape index (κ2) is 11.0. The second-order valence-corrected chi connectivity index (χ2v) is 10.5. The first-order valence-electron chi connectivity index (χ1n) is 12.6. The van der Waals surface area contributed by atoms with Crippen molar-refractivity contribution in [2.45, 2.75) is 44.9 Å². The van der Waals surface area contributed by atoms with Crippen LogP contribution in [0.3, 0.4) is 0 Å². The van der Waals surface area contributed by atoms with Gasteiger partial charge in [-0.1, -0.05) is 42.5 Å². The number of fused-ring (bicyclic) bond motifs is 1. The summed E-state index contributed by atoms with van der Waals surface area (Å²) in [6.45, 7) is 3.74. The molecule has 2 aliphatic heterocycles. The van der Waals surface area contributed by atoms with Gasteiger partial charge in [0.1, 0.15) is 17.3 Å². The third kappa shape index (κ3) is 5.92. The summed E-state index contributed by atoms with van der Waals surface area (Å²) in [4.78, 5) is 41.5. The summed E-state index contributed by atoms with van der Waals surface area (Å²) in [6, 6.07) is 14.5. The number of halogens is 1. The molecule has 38 heavy (non-hydrogen) atoms. The highest BCUT2D eigenvalue weighted by Crippen LogP contribution is 2.38. The molecule has 0 aromatic heterocycles. The number of nitrogens with zero attached hydrogens (tertiary/aromatic N) is 3. The predicted molar refractivity (Wildman–Crippen MR) is 140 cm³/mol. The maximum Gasteiger partial charge on any atom is 0.256 e. The monoisotopic (exact) mass is 523 g/mol. The van der Waals surface area contributed by atoms with E-state index >= 15 is 0 Å². The smallest absolute Gasteiger partial charge is 0.256 e. The topological polar surface area (TPSA) is 117 Å². The molecule has 0 unspecified atom stereocenters. The molecular formula is C28H34FN5O4. The lowest BCUT2D eigenvalue weighted by atomic mass is 9.73. The molecule has 3 amide bonds. The highest BCUT2D eigenvalue weighted by Gasteiger charge is 2.54. The number of hydrazone groups is 1. The van der Waals surface area contributed by atoms with Gasteiger partial charge in [0.05, 0.1) is 24.5 Å². The molecule has 0 radical (unpaired) electrons. The van der Waals surface area contributed by atoms with E-state index in [4.69, 9.17) is 10.5 Å². The van der Waals surface area contributed by atoms with E-state index in [9.17, 15) is 18.8 Å². The van der Waals surface area contributed by atoms with Gasteiger partial charge in [0.15, 0.2) is 0 Å². The molecule has 2 heterocycles. The van der Waals surface area contributed by atoms with Gasteiger partial charge >= 0.3 is 0 Å². The minimum Gasteiger partial charge on any atom is -0.374 e. The Morgan fingerprint density at radius 1 is 1.16 bits per heavy atom. The number of amides is 3. The van der Waals surface area contributed by atoms with Gasteiger partial charge in [0, 0.05) is 26.6 Å². The number of carbonyl (C=O) groups excluding carboxylic acids is 3. The lowest BCUT2D eigenvalue weighted by Gasteiger charge is -2.40. The standard InChI is InChI=1S/C28H34FN5O4/c1-27(2,30)25(36)31-22(17-38-16-20-7-5-4-6-8-20)24(35)34-14-13-23-28(18-34,26(37)33(3)32-23)15-19-9-11-21(29)12-10-19/h4-12,22H,13-18,30H2,1-3H3,(H,31,36)/t22-,28-/m1/s1. The Balaban J connectivity index is 1.55. The molecule has 0 bridgehead atoms. The van der Waals surface area contributed by atoms with Crippen molar-refractivity contribution in [1.29, 1.82) is 0 Å². The summed E-state index contributed by atoms with van der Waals surface area (Å²) in [5.41, 5.74) is 6.10. The molecule has 1 saturated heterocycles. The SMILES string of the molecule is CN1N=C2CCN(C(=O)[C@@H](COCc3ccccc3)NC(=O)C(C)(C)N)C[C@@]2(Cc2ccc(F)cc2)C1=O. The van der Waals surface area contributed by atoms with Gasteiger partial charge < -0.3 is 20.7 Å². The van der Waals surface area contributed by atoms with Crippen molar-refractivity contribution in [2.75, 3.05) is 26.7 Å². The van der Waals surface area contributed by atoms with Crippen LogP contribution in [-0.2, 0) is 32.1 Å². The number of benzene rings is 2. The molecule has 0 aliphatic carbocycles. The lowest BCUT2D eigenvalue weighted by molar-refractivity contribution is -0.143. The molecule has 2 aromatic rings. The summed E-state index contributed by atoms with van der Waals surface area (Å²) in [7, 11) is 1.59. The number of likely N-dealkylation sites (tertiary alicyclic amines) is 1. The van der Waals surface area contributed by atoms with Gasteiger partial charge in [-0.2, -0.15) is 5.10 Å². The quantitative estimate of drug-likeness (QED) is 0.520. The van der Waals surface area contributed by atoms with Crippen LogP contribution in [0.25, 0.3) is 0 Å². The maximum atomic E-state index is 13.8. The summed E-state index contributed by atoms with van der Waals surface area (Å²) in [6.07, 6.45) is 0.674. The molecule has 3 N–H and O–H groups in total. The van der Waals surface area contributed by atoms with Crippen LogP contribution >= 0.6 is 0 Å². The molecule has 2 atom stereocenters. The van der Waals surface area contributed by atoms with Crippen molar-refractivity contribution in [3.8, 4) is 0 Å². The van der Waals surface area contributed by atoms with E-state index in [0.29, 0.717) is 18.7 Å². The number of rotatable bonds is 9. The Hall–Kier alpha value is -3.63. The molecule has 2 aromatic carbocycles. The van der Waals surface area contributed by atoms with E-state index in [1.54, 1.807) is 37.9 Å². The third-order valence-corrected chi connectivity index (χ3v) is 6.92. The van der Waals surface area contributed by atoms with Crippen molar-refractivity contribution < 1.29 is 23.5 Å². The molecular weight excluding hydrogens is 489 g/mol. The summed E-state index contributed by atoms with van der Waals surface area (Å²) < 4.78 is 19.3. The number of carbonyl (C=O) groups is 3. The zero-order valence-electron chi connectivity index (χ0n) is 21.9. The fourth-order valence-corrected chi connectivity index (χ4v) is 4.83. The van der Waals surface area contributed by atoms with E-state index in [1.165, 1.54) is 17.1 Å². The highest BCUT2D eigenvalue weighted by molar-refractivity contribution is 6.13. The van der Waals surface area contributed by atoms with Crippen LogP contribution in [0.2, 0.25) is 0 Å². The third-order valence-electron chi connectivity index (χ3n) is 6.92. The maximum absolute atomic E-state index is 13.8. The van der Waals surface area contributed by atoms with Crippen LogP contribution in [0.1, 0.15) is 31.4 Å². The van der Waals surface area contributed by atoms with Gasteiger partial charge in [0.2, 0.25) is 11.8 Å². The molecule has 9 nitrogen and oxygen atoms in total. The van der Waals surface area contributed by atoms with Crippen LogP contribution in [0.15, 0.2) is 59.7 Å². The van der Waals surface area contributed by atoms with Crippen molar-refractivity contribution in [3.63, 3.8) is 0 Å². The molecule has 2 aliphatic rings. The minimum absolute atomic E-state index is 0.0637. The van der Waals surface area contributed by atoms with Crippen LogP contribution < -0.4 is 11.1 Å². The first-order chi connectivity index (χ1) is 18.0. The fraction of sp³-hybridized carbons (Fsp3) is 0.429. The van der Waals surface area contributed by atoms with Crippen molar-refractivity contribution >= 4 is 23.4 Å². The van der Waals surface area contributed by atoms with E-state index in [-0.39, 0.29) is 43.8 Å². The first-order valence-corrected chi connectivity index (χ1v) is 12.6. The summed E-state index contributed by atoms with van der Waals surface area (Å²) >= 11 is 0. The normalized spacial score (nSPS) is 20.1. The van der Waals surface area contributed by atoms with Crippen molar-refractivity contribution in [2.24, 2.45) is 16.3 Å². The van der Waals surface area contributed by atoms with E-state index in [2.05, 4.69) is 10.4 Å². The zero-order chi connectivity index (χ0) is 27.5. The Morgan fingerprint density at radius 3 is 2.50 bits per heavy atom. The Morgan fingerprint density at radius 2 is 1.84 bits per heavy atom. The minimum atomic E-state index is -1.20. The Bertz CT molecular complexity index is 1210. The average molecular weight is 524 g/mol. The lowest BCUT2D eigenvalue weighted by Crippen LogP contribution is -2.61. The highest BCUT2D eigenvalue weighted by atomic mass is 19.1. The van der Waals surface area contributed by atoms with Gasteiger partial charge in [-0.15, -0.1) is 0 Å².